The lowest BCUT2D eigenvalue weighted by Crippen LogP contribution is -2.43. The van der Waals surface area contributed by atoms with E-state index in [1.54, 1.807) is 21.7 Å². The minimum Gasteiger partial charge on any atom is -0.487 e. The molecule has 172 valence electrons. The fourth-order valence-electron chi connectivity index (χ4n) is 3.66. The largest absolute Gasteiger partial charge is 0.487 e. The maximum atomic E-state index is 13.4. The van der Waals surface area contributed by atoms with Crippen molar-refractivity contribution >= 4 is 23.3 Å². The third kappa shape index (κ3) is 4.90. The third-order valence-corrected chi connectivity index (χ3v) is 6.32. The van der Waals surface area contributed by atoms with E-state index in [2.05, 4.69) is 0 Å². The van der Waals surface area contributed by atoms with E-state index >= 15 is 0 Å². The molecule has 1 aliphatic heterocycles. The maximum Gasteiger partial charge on any atom is 0.274 e. The van der Waals surface area contributed by atoms with Gasteiger partial charge >= 0.3 is 0 Å². The molecule has 0 N–H and O–H groups in total. The number of ether oxygens (including phenoxy) is 1. The van der Waals surface area contributed by atoms with Gasteiger partial charge in [0.15, 0.2) is 17.2 Å². The lowest BCUT2D eigenvalue weighted by atomic mass is 9.82. The quantitative estimate of drug-likeness (QED) is 0.393. The van der Waals surface area contributed by atoms with Crippen LogP contribution in [0.4, 0.5) is 0 Å². The van der Waals surface area contributed by atoms with Gasteiger partial charge in [-0.1, -0.05) is 57.8 Å². The van der Waals surface area contributed by atoms with E-state index in [0.29, 0.717) is 37.7 Å². The van der Waals surface area contributed by atoms with Crippen molar-refractivity contribution < 1.29 is 14.3 Å². The molecule has 1 aromatic heterocycles. The molecule has 0 unspecified atom stereocenters. The highest BCUT2D eigenvalue weighted by atomic mass is 35.5. The molecule has 1 aliphatic rings. The second-order valence-corrected chi connectivity index (χ2v) is 9.30. The molecule has 0 fully saturated rings. The van der Waals surface area contributed by atoms with Crippen molar-refractivity contribution in [2.24, 2.45) is 5.41 Å². The van der Waals surface area contributed by atoms with Gasteiger partial charge in [0, 0.05) is 36.3 Å². The number of fused-ring (bicyclic) bond motifs is 1. The Bertz CT molecular complexity index is 1070. The number of aromatic nitrogens is 1. The Labute approximate surface area is 194 Å². The minimum absolute atomic E-state index is 0.0167. The highest BCUT2D eigenvalue weighted by molar-refractivity contribution is 6.30. The van der Waals surface area contributed by atoms with E-state index in [1.165, 1.54) is 0 Å². The van der Waals surface area contributed by atoms with Crippen LogP contribution < -0.4 is 10.2 Å². The van der Waals surface area contributed by atoms with Gasteiger partial charge < -0.3 is 14.2 Å². The summed E-state index contributed by atoms with van der Waals surface area (Å²) in [5.41, 5.74) is 0.0307. The molecule has 1 amide bonds. The average Bonchev–Trinajstić information content (AvgIpc) is 2.76. The van der Waals surface area contributed by atoms with Crippen molar-refractivity contribution in [1.29, 1.82) is 0 Å². The topological polar surface area (TPSA) is 68.6 Å². The van der Waals surface area contributed by atoms with Crippen LogP contribution in [0.25, 0.3) is 0 Å². The van der Waals surface area contributed by atoms with Crippen molar-refractivity contribution in [2.45, 2.75) is 60.0 Å². The van der Waals surface area contributed by atoms with Gasteiger partial charge in [0.1, 0.15) is 0 Å². The Kier molecular flexibility index (Phi) is 7.44. The van der Waals surface area contributed by atoms with Crippen LogP contribution in [-0.4, -0.2) is 34.3 Å². The molecule has 3 rings (SSSR count). The Morgan fingerprint density at radius 1 is 1.19 bits per heavy atom. The first-order chi connectivity index (χ1) is 15.2. The van der Waals surface area contributed by atoms with Crippen LogP contribution in [0.5, 0.6) is 5.75 Å². The monoisotopic (exact) mass is 458 g/mol. The van der Waals surface area contributed by atoms with Gasteiger partial charge in [0.25, 0.3) is 5.91 Å². The van der Waals surface area contributed by atoms with Crippen LogP contribution >= 0.6 is 11.6 Å². The zero-order valence-electron chi connectivity index (χ0n) is 19.2. The van der Waals surface area contributed by atoms with E-state index in [1.807, 2.05) is 45.9 Å². The van der Waals surface area contributed by atoms with E-state index in [9.17, 15) is 14.4 Å². The first-order valence-electron chi connectivity index (χ1n) is 11.2. The SMILES string of the molecule is CCCCOc1c2n(cc(C(=O)C(C)(C)CC)c1=O)CCN(Cc1cccc(Cl)c1)C2=O. The maximum absolute atomic E-state index is 13.4. The molecule has 0 aliphatic carbocycles. The Morgan fingerprint density at radius 2 is 1.94 bits per heavy atom. The van der Waals surface area contributed by atoms with Crippen LogP contribution in [-0.2, 0) is 13.1 Å². The number of amides is 1. The Hall–Kier alpha value is -2.60. The smallest absolute Gasteiger partial charge is 0.274 e. The molecule has 1 aromatic carbocycles. The molecule has 0 bridgehead atoms. The lowest BCUT2D eigenvalue weighted by Gasteiger charge is -2.32. The molecule has 7 heteroatoms. The molecule has 0 spiro atoms. The summed E-state index contributed by atoms with van der Waals surface area (Å²) in [6.45, 7) is 9.22. The first kappa shape index (κ1) is 24.1. The summed E-state index contributed by atoms with van der Waals surface area (Å²) < 4.78 is 7.55. The number of carbonyl (C=O) groups is 2. The predicted octanol–water partition coefficient (Wildman–Crippen LogP) is 4.96. The fraction of sp³-hybridized carbons (Fsp3) is 0.480. The molecule has 0 radical (unpaired) electrons. The van der Waals surface area contributed by atoms with Crippen molar-refractivity contribution in [1.82, 2.24) is 9.47 Å². The summed E-state index contributed by atoms with van der Waals surface area (Å²) in [6.07, 6.45) is 3.78. The fourth-order valence-corrected chi connectivity index (χ4v) is 3.87. The summed E-state index contributed by atoms with van der Waals surface area (Å²) >= 11 is 6.09. The van der Waals surface area contributed by atoms with Crippen LogP contribution in [0.1, 0.15) is 73.4 Å². The number of pyridine rings is 1. The molecule has 2 aromatic rings. The number of hydrogen-bond donors (Lipinski definition) is 0. The van der Waals surface area contributed by atoms with Crippen LogP contribution in [0, 0.1) is 5.41 Å². The van der Waals surface area contributed by atoms with Crippen molar-refractivity contribution in [2.75, 3.05) is 13.2 Å². The normalized spacial score (nSPS) is 13.8. The molecule has 32 heavy (non-hydrogen) atoms. The summed E-state index contributed by atoms with van der Waals surface area (Å²) in [4.78, 5) is 41.6. The van der Waals surface area contributed by atoms with Gasteiger partial charge in [-0.2, -0.15) is 0 Å². The van der Waals surface area contributed by atoms with Gasteiger partial charge in [0.2, 0.25) is 5.43 Å². The number of unbranched alkanes of at least 4 members (excludes halogenated alkanes) is 1. The summed E-state index contributed by atoms with van der Waals surface area (Å²) in [7, 11) is 0. The molecular formula is C25H31ClN2O4. The molecule has 6 nitrogen and oxygen atoms in total. The molecular weight excluding hydrogens is 428 g/mol. The third-order valence-electron chi connectivity index (χ3n) is 6.09. The average molecular weight is 459 g/mol. The number of halogens is 1. The van der Waals surface area contributed by atoms with Crippen LogP contribution in [0.15, 0.2) is 35.3 Å². The second-order valence-electron chi connectivity index (χ2n) is 8.87. The highest BCUT2D eigenvalue weighted by Crippen LogP contribution is 2.28. The standard InChI is InChI=1S/C25H31ClN2O4/c1-5-7-13-32-22-20-24(31)28(15-17-9-8-10-18(26)14-17)12-11-27(20)16-19(21(22)29)23(30)25(3,4)6-2/h8-10,14,16H,5-7,11-13,15H2,1-4H3. The number of carbonyl (C=O) groups excluding carboxylic acids is 2. The van der Waals surface area contributed by atoms with Crippen LogP contribution in [0.3, 0.4) is 0 Å². The van der Waals surface area contributed by atoms with Crippen LogP contribution in [0.2, 0.25) is 5.02 Å². The van der Waals surface area contributed by atoms with Crippen molar-refractivity contribution in [3.05, 3.63) is 62.5 Å². The zero-order chi connectivity index (χ0) is 23.5. The Morgan fingerprint density at radius 3 is 2.59 bits per heavy atom. The van der Waals surface area contributed by atoms with Crippen molar-refractivity contribution in [3.63, 3.8) is 0 Å². The molecule has 0 atom stereocenters. The van der Waals surface area contributed by atoms with Gasteiger partial charge in [-0.25, -0.2) is 0 Å². The summed E-state index contributed by atoms with van der Waals surface area (Å²) in [5, 5.41) is 0.605. The number of nitrogens with zero attached hydrogens (tertiary/aromatic N) is 2. The number of Topliss-reactive ketones (excluding diaryl/α,β-unsaturated/α-hetero) is 1. The lowest BCUT2D eigenvalue weighted by molar-refractivity contribution is 0.0677. The first-order valence-corrected chi connectivity index (χ1v) is 11.6. The van der Waals surface area contributed by atoms with Crippen molar-refractivity contribution in [3.8, 4) is 5.75 Å². The Balaban J connectivity index is 2.04. The summed E-state index contributed by atoms with van der Waals surface area (Å²) in [6, 6.07) is 7.36. The second kappa shape index (κ2) is 9.90. The highest BCUT2D eigenvalue weighted by Gasteiger charge is 2.35. The number of rotatable bonds is 9. The van der Waals surface area contributed by atoms with E-state index < -0.39 is 10.8 Å². The van der Waals surface area contributed by atoms with E-state index in [-0.39, 0.29) is 28.7 Å². The molecule has 0 saturated heterocycles. The van der Waals surface area contributed by atoms with E-state index in [4.69, 9.17) is 16.3 Å². The molecule has 0 saturated carbocycles. The minimum atomic E-state index is -0.675. The number of hydrogen-bond acceptors (Lipinski definition) is 4. The molecule has 2 heterocycles. The van der Waals surface area contributed by atoms with E-state index in [0.717, 1.165) is 18.4 Å². The number of benzene rings is 1. The van der Waals surface area contributed by atoms with Gasteiger partial charge in [-0.15, -0.1) is 0 Å². The van der Waals surface area contributed by atoms with Gasteiger partial charge in [0.05, 0.1) is 12.2 Å². The summed E-state index contributed by atoms with van der Waals surface area (Å²) in [5.74, 6) is -0.528. The number of ketones is 1. The van der Waals surface area contributed by atoms with Gasteiger partial charge in [-0.05, 0) is 30.5 Å². The predicted molar refractivity (Wildman–Crippen MR) is 126 cm³/mol. The van der Waals surface area contributed by atoms with Gasteiger partial charge in [-0.3, -0.25) is 14.4 Å². The zero-order valence-corrected chi connectivity index (χ0v) is 20.0.